The minimum atomic E-state index is -0.568. The number of nitrogens with one attached hydrogen (secondary N) is 2. The molecule has 140 valence electrons. The second-order valence-electron chi connectivity index (χ2n) is 6.99. The maximum atomic E-state index is 12.2. The van der Waals surface area contributed by atoms with Crippen LogP contribution >= 0.6 is 0 Å². The van der Waals surface area contributed by atoms with Gasteiger partial charge in [-0.15, -0.1) is 0 Å². The van der Waals surface area contributed by atoms with Gasteiger partial charge in [-0.2, -0.15) is 0 Å². The Morgan fingerprint density at radius 3 is 2.22 bits per heavy atom. The molecule has 0 fully saturated rings. The van der Waals surface area contributed by atoms with Crippen molar-refractivity contribution in [3.8, 4) is 28.6 Å². The SMILES string of the molecule is COc1cc(-c2nc3cc4c(cc3[nH]2)C(C)(C)C(=O)N4)cc(OC)c1OC. The number of hydrogen-bond donors (Lipinski definition) is 2. The lowest BCUT2D eigenvalue weighted by molar-refractivity contribution is -0.119. The lowest BCUT2D eigenvalue weighted by Gasteiger charge is -2.14. The van der Waals surface area contributed by atoms with Crippen LogP contribution in [0.1, 0.15) is 19.4 Å². The van der Waals surface area contributed by atoms with E-state index in [0.29, 0.717) is 23.1 Å². The van der Waals surface area contributed by atoms with Gasteiger partial charge in [0, 0.05) is 11.3 Å². The molecule has 0 spiro atoms. The van der Waals surface area contributed by atoms with E-state index in [9.17, 15) is 4.79 Å². The summed E-state index contributed by atoms with van der Waals surface area (Å²) in [5.74, 6) is 2.32. The summed E-state index contributed by atoms with van der Waals surface area (Å²) in [6, 6.07) is 7.57. The number of amides is 1. The number of carbonyl (C=O) groups excluding carboxylic acids is 1. The summed E-state index contributed by atoms with van der Waals surface area (Å²) in [7, 11) is 4.73. The summed E-state index contributed by atoms with van der Waals surface area (Å²) in [5.41, 5.74) is 3.64. The highest BCUT2D eigenvalue weighted by Gasteiger charge is 2.38. The van der Waals surface area contributed by atoms with Crippen LogP contribution in [-0.4, -0.2) is 37.2 Å². The zero-order chi connectivity index (χ0) is 19.3. The average molecular weight is 367 g/mol. The average Bonchev–Trinajstić information content (AvgIpc) is 3.17. The van der Waals surface area contributed by atoms with Crippen molar-refractivity contribution in [2.45, 2.75) is 19.3 Å². The first kappa shape index (κ1) is 17.2. The zero-order valence-electron chi connectivity index (χ0n) is 15.9. The molecule has 2 aromatic carbocycles. The Morgan fingerprint density at radius 2 is 1.63 bits per heavy atom. The van der Waals surface area contributed by atoms with Crippen LogP contribution in [-0.2, 0) is 10.2 Å². The second-order valence-corrected chi connectivity index (χ2v) is 6.99. The molecule has 7 nitrogen and oxygen atoms in total. The van der Waals surface area contributed by atoms with E-state index in [1.165, 1.54) is 0 Å². The van der Waals surface area contributed by atoms with Crippen LogP contribution in [0.3, 0.4) is 0 Å². The Morgan fingerprint density at radius 1 is 0.963 bits per heavy atom. The number of rotatable bonds is 4. The Balaban J connectivity index is 1.86. The first-order valence-corrected chi connectivity index (χ1v) is 8.55. The minimum absolute atomic E-state index is 0.00463. The third-order valence-corrected chi connectivity index (χ3v) is 5.05. The fraction of sp³-hybridized carbons (Fsp3) is 0.300. The smallest absolute Gasteiger partial charge is 0.234 e. The molecular formula is C20H21N3O4. The fourth-order valence-electron chi connectivity index (χ4n) is 3.43. The van der Waals surface area contributed by atoms with Crippen molar-refractivity contribution in [3.63, 3.8) is 0 Å². The van der Waals surface area contributed by atoms with Crippen LogP contribution in [0.2, 0.25) is 0 Å². The third kappa shape index (κ3) is 2.50. The van der Waals surface area contributed by atoms with Crippen molar-refractivity contribution in [1.29, 1.82) is 0 Å². The van der Waals surface area contributed by atoms with Crippen molar-refractivity contribution < 1.29 is 19.0 Å². The third-order valence-electron chi connectivity index (χ3n) is 5.05. The van der Waals surface area contributed by atoms with Gasteiger partial charge in [-0.05, 0) is 43.7 Å². The molecule has 1 aliphatic rings. The zero-order valence-corrected chi connectivity index (χ0v) is 15.9. The molecule has 0 unspecified atom stereocenters. The van der Waals surface area contributed by atoms with Crippen molar-refractivity contribution in [3.05, 3.63) is 29.8 Å². The number of carbonyl (C=O) groups is 1. The van der Waals surface area contributed by atoms with Crippen LogP contribution in [0.4, 0.5) is 5.69 Å². The van der Waals surface area contributed by atoms with Gasteiger partial charge in [0.25, 0.3) is 0 Å². The van der Waals surface area contributed by atoms with Gasteiger partial charge in [0.2, 0.25) is 11.7 Å². The molecule has 3 aromatic rings. The lowest BCUT2D eigenvalue weighted by Crippen LogP contribution is -2.26. The fourth-order valence-corrected chi connectivity index (χ4v) is 3.43. The number of aromatic nitrogens is 2. The summed E-state index contributed by atoms with van der Waals surface area (Å²) in [4.78, 5) is 20.2. The standard InChI is InChI=1S/C20H21N3O4/c1-20(2)11-8-13-14(9-12(11)23-19(20)24)22-18(21-13)10-6-15(25-3)17(27-5)16(7-10)26-4/h6-9H,1-5H3,(H,21,22)(H,23,24). The number of H-pyrrole nitrogens is 1. The molecule has 2 heterocycles. The predicted molar refractivity (Wildman–Crippen MR) is 103 cm³/mol. The Hall–Kier alpha value is -3.22. The van der Waals surface area contributed by atoms with Gasteiger partial charge in [0.05, 0.1) is 37.8 Å². The van der Waals surface area contributed by atoms with E-state index in [-0.39, 0.29) is 5.91 Å². The molecule has 0 saturated carbocycles. The van der Waals surface area contributed by atoms with E-state index < -0.39 is 5.41 Å². The van der Waals surface area contributed by atoms with E-state index in [0.717, 1.165) is 27.8 Å². The number of anilines is 1. The summed E-state index contributed by atoms with van der Waals surface area (Å²) < 4.78 is 16.2. The number of ether oxygens (including phenoxy) is 3. The highest BCUT2D eigenvalue weighted by molar-refractivity contribution is 6.07. The van der Waals surface area contributed by atoms with E-state index in [2.05, 4.69) is 15.3 Å². The van der Waals surface area contributed by atoms with Crippen molar-refractivity contribution in [1.82, 2.24) is 9.97 Å². The molecule has 0 aliphatic carbocycles. The quantitative estimate of drug-likeness (QED) is 0.737. The molecule has 0 atom stereocenters. The van der Waals surface area contributed by atoms with Gasteiger partial charge in [-0.25, -0.2) is 4.98 Å². The van der Waals surface area contributed by atoms with Crippen molar-refractivity contribution in [2.24, 2.45) is 0 Å². The van der Waals surface area contributed by atoms with Crippen molar-refractivity contribution >= 4 is 22.6 Å². The summed E-state index contributed by atoms with van der Waals surface area (Å²) in [6.07, 6.45) is 0. The molecule has 2 N–H and O–H groups in total. The Bertz CT molecular complexity index is 1040. The summed E-state index contributed by atoms with van der Waals surface area (Å²) in [6.45, 7) is 3.83. The number of fused-ring (bicyclic) bond motifs is 2. The number of nitrogens with zero attached hydrogens (tertiary/aromatic N) is 1. The lowest BCUT2D eigenvalue weighted by atomic mass is 9.86. The highest BCUT2D eigenvalue weighted by Crippen LogP contribution is 2.42. The monoisotopic (exact) mass is 367 g/mol. The van der Waals surface area contributed by atoms with Crippen LogP contribution in [0.15, 0.2) is 24.3 Å². The van der Waals surface area contributed by atoms with Gasteiger partial charge >= 0.3 is 0 Å². The maximum absolute atomic E-state index is 12.2. The normalized spacial score (nSPS) is 14.8. The number of methoxy groups -OCH3 is 3. The molecule has 1 aromatic heterocycles. The van der Waals surface area contributed by atoms with Crippen LogP contribution in [0, 0.1) is 0 Å². The summed E-state index contributed by atoms with van der Waals surface area (Å²) in [5, 5.41) is 2.93. The van der Waals surface area contributed by atoms with Gasteiger partial charge in [-0.3, -0.25) is 4.79 Å². The van der Waals surface area contributed by atoms with Crippen LogP contribution in [0.5, 0.6) is 17.2 Å². The van der Waals surface area contributed by atoms with Gasteiger partial charge in [0.1, 0.15) is 5.82 Å². The topological polar surface area (TPSA) is 85.5 Å². The molecule has 0 saturated heterocycles. The van der Waals surface area contributed by atoms with Crippen molar-refractivity contribution in [2.75, 3.05) is 26.6 Å². The van der Waals surface area contributed by atoms with Gasteiger partial charge in [-0.1, -0.05) is 0 Å². The van der Waals surface area contributed by atoms with E-state index >= 15 is 0 Å². The second kappa shape index (κ2) is 5.90. The largest absolute Gasteiger partial charge is 0.493 e. The van der Waals surface area contributed by atoms with E-state index in [1.54, 1.807) is 21.3 Å². The van der Waals surface area contributed by atoms with E-state index in [4.69, 9.17) is 14.2 Å². The molecule has 1 amide bonds. The Labute approximate surface area is 156 Å². The molecular weight excluding hydrogens is 346 g/mol. The van der Waals surface area contributed by atoms with Gasteiger partial charge in [0.15, 0.2) is 11.5 Å². The molecule has 0 radical (unpaired) electrons. The molecule has 7 heteroatoms. The highest BCUT2D eigenvalue weighted by atomic mass is 16.5. The molecule has 4 rings (SSSR count). The maximum Gasteiger partial charge on any atom is 0.234 e. The molecule has 27 heavy (non-hydrogen) atoms. The number of benzene rings is 2. The van der Waals surface area contributed by atoms with Gasteiger partial charge < -0.3 is 24.5 Å². The number of aromatic amines is 1. The first-order chi connectivity index (χ1) is 12.9. The molecule has 0 bridgehead atoms. The first-order valence-electron chi connectivity index (χ1n) is 8.55. The number of hydrogen-bond acceptors (Lipinski definition) is 5. The minimum Gasteiger partial charge on any atom is -0.493 e. The molecule has 1 aliphatic heterocycles. The number of imidazole rings is 1. The van der Waals surface area contributed by atoms with E-state index in [1.807, 2.05) is 38.1 Å². The predicted octanol–water partition coefficient (Wildman–Crippen LogP) is 3.49. The van der Waals surface area contributed by atoms with Crippen LogP contribution in [0.25, 0.3) is 22.4 Å². The van der Waals surface area contributed by atoms with Crippen LogP contribution < -0.4 is 19.5 Å². The summed E-state index contributed by atoms with van der Waals surface area (Å²) >= 11 is 0. The Kier molecular flexibility index (Phi) is 3.76.